The molecule has 0 saturated heterocycles. The van der Waals surface area contributed by atoms with Gasteiger partial charge in [0.15, 0.2) is 0 Å². The molecule has 1 atom stereocenters. The Morgan fingerprint density at radius 1 is 1.45 bits per heavy atom. The van der Waals surface area contributed by atoms with E-state index in [1.54, 1.807) is 6.92 Å². The van der Waals surface area contributed by atoms with Crippen LogP contribution in [0.25, 0.3) is 0 Å². The Kier molecular flexibility index (Phi) is 4.11. The van der Waals surface area contributed by atoms with E-state index >= 15 is 0 Å². The number of carboxylic acids is 1. The van der Waals surface area contributed by atoms with Crippen LogP contribution in [0, 0.1) is 0 Å². The molecule has 0 aliphatic rings. The number of alkyl halides is 3. The van der Waals surface area contributed by atoms with Crippen LogP contribution in [0.2, 0.25) is 0 Å². The van der Waals surface area contributed by atoms with Gasteiger partial charge in [-0.15, -0.1) is 0 Å². The quantitative estimate of drug-likeness (QED) is 0.871. The fourth-order valence-electron chi connectivity index (χ4n) is 1.45. The molecule has 0 radical (unpaired) electrons. The predicted molar refractivity (Wildman–Crippen MR) is 62.1 cm³/mol. The summed E-state index contributed by atoms with van der Waals surface area (Å²) in [5.41, 5.74) is -2.99. The fraction of sp³-hybridized carbons (Fsp3) is 0.545. The van der Waals surface area contributed by atoms with Crippen molar-refractivity contribution in [3.63, 3.8) is 0 Å². The molecule has 1 unspecified atom stereocenters. The smallest absolute Gasteiger partial charge is 0.422 e. The van der Waals surface area contributed by atoms with Gasteiger partial charge in [0, 0.05) is 7.05 Å². The van der Waals surface area contributed by atoms with Crippen molar-refractivity contribution in [1.82, 2.24) is 15.1 Å². The zero-order valence-corrected chi connectivity index (χ0v) is 11.1. The zero-order valence-electron chi connectivity index (χ0n) is 11.1. The van der Waals surface area contributed by atoms with E-state index in [1.165, 1.54) is 18.4 Å². The van der Waals surface area contributed by atoms with Crippen LogP contribution in [0.1, 0.15) is 30.0 Å². The molecule has 0 aromatic carbocycles. The Hall–Kier alpha value is -2.06. The summed E-state index contributed by atoms with van der Waals surface area (Å²) in [6.45, 7) is 2.16. The van der Waals surface area contributed by atoms with Crippen molar-refractivity contribution in [2.45, 2.75) is 32.0 Å². The van der Waals surface area contributed by atoms with E-state index in [0.29, 0.717) is 19.0 Å². The van der Waals surface area contributed by atoms with Crippen LogP contribution in [0.15, 0.2) is 6.07 Å². The molecular formula is C11H14F3N3O3. The van der Waals surface area contributed by atoms with Gasteiger partial charge in [-0.2, -0.15) is 18.3 Å². The van der Waals surface area contributed by atoms with Gasteiger partial charge in [0.2, 0.25) is 5.54 Å². The van der Waals surface area contributed by atoms with Gasteiger partial charge in [-0.05, 0) is 19.4 Å². The summed E-state index contributed by atoms with van der Waals surface area (Å²) in [7, 11) is 1.39. The van der Waals surface area contributed by atoms with E-state index in [0.717, 1.165) is 4.68 Å². The molecule has 1 heterocycles. The first-order chi connectivity index (χ1) is 9.02. The molecule has 0 fully saturated rings. The van der Waals surface area contributed by atoms with Gasteiger partial charge < -0.3 is 10.4 Å². The van der Waals surface area contributed by atoms with Crippen molar-refractivity contribution in [3.8, 4) is 0 Å². The summed E-state index contributed by atoms with van der Waals surface area (Å²) < 4.78 is 39.5. The van der Waals surface area contributed by atoms with Crippen LogP contribution < -0.4 is 5.32 Å². The minimum absolute atomic E-state index is 0.140. The standard InChI is InChI=1S/C11H14F3N3O3/c1-4-6-5-7(17(3)16-6)8(18)15-10(2,9(19)20)11(12,13)14/h5H,4H2,1-3H3,(H,15,18)(H,19,20). The van der Waals surface area contributed by atoms with Crippen molar-refractivity contribution in [1.29, 1.82) is 0 Å². The van der Waals surface area contributed by atoms with E-state index in [4.69, 9.17) is 5.11 Å². The normalized spacial score (nSPS) is 14.7. The van der Waals surface area contributed by atoms with Crippen molar-refractivity contribution < 1.29 is 27.9 Å². The van der Waals surface area contributed by atoms with Gasteiger partial charge in [0.05, 0.1) is 5.69 Å². The lowest BCUT2D eigenvalue weighted by Crippen LogP contribution is -2.62. The van der Waals surface area contributed by atoms with Gasteiger partial charge in [-0.3, -0.25) is 9.48 Å². The largest absolute Gasteiger partial charge is 0.479 e. The summed E-state index contributed by atoms with van der Waals surface area (Å²) in [6.07, 6.45) is -4.63. The maximum absolute atomic E-state index is 12.8. The first kappa shape index (κ1) is 16.0. The van der Waals surface area contributed by atoms with Crippen LogP contribution in [-0.4, -0.2) is 38.5 Å². The lowest BCUT2D eigenvalue weighted by Gasteiger charge is -2.28. The number of hydrogen-bond donors (Lipinski definition) is 2. The lowest BCUT2D eigenvalue weighted by molar-refractivity contribution is -0.203. The third-order valence-corrected chi connectivity index (χ3v) is 2.88. The molecule has 1 aromatic heterocycles. The zero-order chi connectivity index (χ0) is 15.7. The number of amides is 1. The minimum Gasteiger partial charge on any atom is -0.479 e. The fourth-order valence-corrected chi connectivity index (χ4v) is 1.45. The van der Waals surface area contributed by atoms with E-state index < -0.39 is 23.6 Å². The Labute approximate surface area is 112 Å². The Balaban J connectivity index is 3.09. The summed E-state index contributed by atoms with van der Waals surface area (Å²) in [6, 6.07) is 1.31. The monoisotopic (exact) mass is 293 g/mol. The maximum atomic E-state index is 12.8. The number of aliphatic carboxylic acids is 1. The summed E-state index contributed by atoms with van der Waals surface area (Å²) in [5.74, 6) is -3.34. The number of hydrogen-bond acceptors (Lipinski definition) is 3. The number of aromatic nitrogens is 2. The summed E-state index contributed by atoms with van der Waals surface area (Å²) >= 11 is 0. The first-order valence-electron chi connectivity index (χ1n) is 5.68. The van der Waals surface area contributed by atoms with Crippen molar-refractivity contribution in [2.24, 2.45) is 7.05 Å². The van der Waals surface area contributed by atoms with Crippen LogP contribution in [0.4, 0.5) is 13.2 Å². The average molecular weight is 293 g/mol. The number of aryl methyl sites for hydroxylation is 2. The molecule has 0 bridgehead atoms. The number of carboxylic acid groups (broad SMARTS) is 1. The van der Waals surface area contributed by atoms with Crippen molar-refractivity contribution >= 4 is 11.9 Å². The second-order valence-electron chi connectivity index (χ2n) is 4.38. The lowest BCUT2D eigenvalue weighted by atomic mass is 10.0. The van der Waals surface area contributed by atoms with Crippen LogP contribution in [0.3, 0.4) is 0 Å². The van der Waals surface area contributed by atoms with Crippen molar-refractivity contribution in [3.05, 3.63) is 17.5 Å². The number of halogens is 3. The third-order valence-electron chi connectivity index (χ3n) is 2.88. The minimum atomic E-state index is -5.12. The van der Waals surface area contributed by atoms with Gasteiger partial charge in [-0.1, -0.05) is 6.92 Å². The molecule has 9 heteroatoms. The highest BCUT2D eigenvalue weighted by molar-refractivity contribution is 5.96. The molecule has 6 nitrogen and oxygen atoms in total. The summed E-state index contributed by atoms with van der Waals surface area (Å²) in [4.78, 5) is 22.7. The number of nitrogens with zero attached hydrogens (tertiary/aromatic N) is 2. The maximum Gasteiger partial charge on any atom is 0.422 e. The number of carbonyl (C=O) groups is 2. The van der Waals surface area contributed by atoms with E-state index in [9.17, 15) is 22.8 Å². The highest BCUT2D eigenvalue weighted by Gasteiger charge is 2.58. The number of carbonyl (C=O) groups excluding carboxylic acids is 1. The number of rotatable bonds is 4. The molecule has 20 heavy (non-hydrogen) atoms. The van der Waals surface area contributed by atoms with Crippen LogP contribution in [0.5, 0.6) is 0 Å². The summed E-state index contributed by atoms with van der Waals surface area (Å²) in [5, 5.41) is 14.1. The Morgan fingerprint density at radius 3 is 2.35 bits per heavy atom. The van der Waals surface area contributed by atoms with Gasteiger partial charge >= 0.3 is 12.1 Å². The van der Waals surface area contributed by atoms with Gasteiger partial charge in [0.25, 0.3) is 5.91 Å². The Bertz CT molecular complexity index is 539. The number of nitrogens with one attached hydrogen (secondary N) is 1. The van der Waals surface area contributed by atoms with E-state index in [2.05, 4.69) is 5.10 Å². The molecular weight excluding hydrogens is 279 g/mol. The highest BCUT2D eigenvalue weighted by Crippen LogP contribution is 2.30. The highest BCUT2D eigenvalue weighted by atomic mass is 19.4. The molecule has 1 rings (SSSR count). The topological polar surface area (TPSA) is 84.2 Å². The van der Waals surface area contributed by atoms with Crippen LogP contribution >= 0.6 is 0 Å². The van der Waals surface area contributed by atoms with E-state index in [1.807, 2.05) is 0 Å². The predicted octanol–water partition coefficient (Wildman–Crippen LogP) is 1.12. The molecule has 0 aliphatic heterocycles. The molecule has 0 aliphatic carbocycles. The third kappa shape index (κ3) is 2.75. The van der Waals surface area contributed by atoms with Crippen LogP contribution in [-0.2, 0) is 18.3 Å². The average Bonchev–Trinajstić information content (AvgIpc) is 2.68. The molecule has 1 amide bonds. The van der Waals surface area contributed by atoms with Gasteiger partial charge in [0.1, 0.15) is 5.69 Å². The second kappa shape index (κ2) is 5.14. The molecule has 0 spiro atoms. The molecule has 0 saturated carbocycles. The van der Waals surface area contributed by atoms with Gasteiger partial charge in [-0.25, -0.2) is 4.79 Å². The first-order valence-corrected chi connectivity index (χ1v) is 5.68. The van der Waals surface area contributed by atoms with E-state index in [-0.39, 0.29) is 5.69 Å². The molecule has 2 N–H and O–H groups in total. The SMILES string of the molecule is CCc1cc(C(=O)NC(C)(C(=O)O)C(F)(F)F)n(C)n1. The molecule has 1 aromatic rings. The molecule has 112 valence electrons. The Morgan fingerprint density at radius 2 is 2.00 bits per heavy atom. The van der Waals surface area contributed by atoms with Crippen molar-refractivity contribution in [2.75, 3.05) is 0 Å². The second-order valence-corrected chi connectivity index (χ2v) is 4.38.